The van der Waals surface area contributed by atoms with E-state index in [1.165, 1.54) is 12.3 Å². The van der Waals surface area contributed by atoms with Crippen LogP contribution in [-0.4, -0.2) is 24.2 Å². The molecule has 1 amide bonds. The van der Waals surface area contributed by atoms with Crippen LogP contribution in [0.4, 0.5) is 30.4 Å². The van der Waals surface area contributed by atoms with E-state index in [0.29, 0.717) is 28.8 Å². The van der Waals surface area contributed by atoms with Gasteiger partial charge in [-0.2, -0.15) is 13.2 Å². The third kappa shape index (κ3) is 5.82. The molecule has 1 aromatic heterocycles. The molecular formula is C19H17ClF3N5O. The van der Waals surface area contributed by atoms with Gasteiger partial charge in [0.25, 0.3) is 0 Å². The number of alkyl halides is 3. The summed E-state index contributed by atoms with van der Waals surface area (Å²) in [6.45, 7) is 3.38. The Kier molecular flexibility index (Phi) is 7.00. The number of nitrogens with zero attached hydrogens (tertiary/aromatic N) is 2. The number of amides is 1. The molecule has 0 aliphatic rings. The van der Waals surface area contributed by atoms with E-state index in [4.69, 9.17) is 17.3 Å². The van der Waals surface area contributed by atoms with Gasteiger partial charge in [-0.3, -0.25) is 9.79 Å². The summed E-state index contributed by atoms with van der Waals surface area (Å²) in [6, 6.07) is 5.82. The predicted molar refractivity (Wildman–Crippen MR) is 109 cm³/mol. The molecule has 2 aromatic rings. The number of nitrogens with two attached hydrogens (primary N) is 1. The Labute approximate surface area is 170 Å². The highest BCUT2D eigenvalue weighted by atomic mass is 35.5. The fraction of sp³-hybridized carbons (Fsp3) is 0.105. The highest BCUT2D eigenvalue weighted by Crippen LogP contribution is 2.36. The molecule has 4 N–H and O–H groups in total. The number of carbonyl (C=O) groups is 1. The molecule has 0 unspecified atom stereocenters. The largest absolute Gasteiger partial charge is 0.419 e. The van der Waals surface area contributed by atoms with Crippen molar-refractivity contribution in [3.63, 3.8) is 0 Å². The number of carbonyl (C=O) groups excluding carboxylic acids is 1. The summed E-state index contributed by atoms with van der Waals surface area (Å²) in [5.74, 6) is -0.324. The standard InChI is InChI=1S/C19H17ClF3N5O/c1-3-18(29)27-11-4-5-16(12(8-11)15(24)6-7-25-2)28-17-9-14(20)13(10-26-17)19(21,22)23/h3-10H,1,24H2,2H3,(H,26,28)(H,27,29). The Morgan fingerprint density at radius 3 is 2.66 bits per heavy atom. The summed E-state index contributed by atoms with van der Waals surface area (Å²) in [5, 5.41) is 4.99. The molecule has 0 aliphatic heterocycles. The molecule has 1 heterocycles. The second-order valence-corrected chi connectivity index (χ2v) is 6.06. The highest BCUT2D eigenvalue weighted by Gasteiger charge is 2.33. The van der Waals surface area contributed by atoms with Crippen LogP contribution >= 0.6 is 11.6 Å². The number of halogens is 4. The van der Waals surface area contributed by atoms with Crippen LogP contribution in [0.25, 0.3) is 5.70 Å². The number of rotatable bonds is 6. The minimum Gasteiger partial charge on any atom is -0.398 e. The van der Waals surface area contributed by atoms with Gasteiger partial charge in [0.2, 0.25) is 5.91 Å². The molecule has 0 bridgehead atoms. The van der Waals surface area contributed by atoms with E-state index >= 15 is 0 Å². The Morgan fingerprint density at radius 1 is 1.34 bits per heavy atom. The molecule has 0 atom stereocenters. The zero-order valence-electron chi connectivity index (χ0n) is 15.2. The van der Waals surface area contributed by atoms with Gasteiger partial charge in [-0.15, -0.1) is 0 Å². The van der Waals surface area contributed by atoms with E-state index in [0.717, 1.165) is 12.1 Å². The first-order valence-corrected chi connectivity index (χ1v) is 8.49. The maximum atomic E-state index is 12.9. The maximum Gasteiger partial charge on any atom is 0.419 e. The van der Waals surface area contributed by atoms with Gasteiger partial charge in [0.1, 0.15) is 5.82 Å². The fourth-order valence-electron chi connectivity index (χ4n) is 2.25. The van der Waals surface area contributed by atoms with E-state index in [9.17, 15) is 18.0 Å². The van der Waals surface area contributed by atoms with Crippen molar-refractivity contribution < 1.29 is 18.0 Å². The van der Waals surface area contributed by atoms with Gasteiger partial charge in [0, 0.05) is 48.2 Å². The van der Waals surface area contributed by atoms with Crippen molar-refractivity contribution in [2.24, 2.45) is 10.7 Å². The topological polar surface area (TPSA) is 92.4 Å². The van der Waals surface area contributed by atoms with Crippen molar-refractivity contribution in [1.29, 1.82) is 0 Å². The van der Waals surface area contributed by atoms with Crippen LogP contribution in [0, 0.1) is 0 Å². The summed E-state index contributed by atoms with van der Waals surface area (Å²) >= 11 is 5.74. The zero-order valence-corrected chi connectivity index (χ0v) is 16.0. The average molecular weight is 424 g/mol. The molecule has 1 aromatic carbocycles. The molecule has 0 spiro atoms. The van der Waals surface area contributed by atoms with Crippen LogP contribution in [0.15, 0.2) is 54.2 Å². The predicted octanol–water partition coefficient (Wildman–Crippen LogP) is 4.62. The lowest BCUT2D eigenvalue weighted by Gasteiger charge is -2.15. The Hall–Kier alpha value is -3.33. The van der Waals surface area contributed by atoms with Crippen LogP contribution in [0.5, 0.6) is 0 Å². The first-order chi connectivity index (χ1) is 13.7. The van der Waals surface area contributed by atoms with Crippen molar-refractivity contribution in [3.8, 4) is 0 Å². The van der Waals surface area contributed by atoms with Gasteiger partial charge in [0.15, 0.2) is 0 Å². The molecule has 0 radical (unpaired) electrons. The summed E-state index contributed by atoms with van der Waals surface area (Å²) < 4.78 is 38.6. The smallest absolute Gasteiger partial charge is 0.398 e. The first kappa shape index (κ1) is 22.0. The number of hydrogen-bond acceptors (Lipinski definition) is 5. The molecule has 6 nitrogen and oxygen atoms in total. The Morgan fingerprint density at radius 2 is 2.07 bits per heavy atom. The van der Waals surface area contributed by atoms with Crippen molar-refractivity contribution in [3.05, 3.63) is 65.3 Å². The van der Waals surface area contributed by atoms with E-state index in [1.807, 2.05) is 0 Å². The molecular weight excluding hydrogens is 407 g/mol. The molecule has 29 heavy (non-hydrogen) atoms. The molecule has 0 saturated heterocycles. The van der Waals surface area contributed by atoms with Crippen LogP contribution in [0.3, 0.4) is 0 Å². The SMILES string of the molecule is C=CC(=O)Nc1ccc(Nc2cc(Cl)c(C(F)(F)F)cn2)c(C(N)=CC=NC)c1. The number of allylic oxidation sites excluding steroid dienone is 1. The van der Waals surface area contributed by atoms with Gasteiger partial charge in [0.05, 0.1) is 10.6 Å². The van der Waals surface area contributed by atoms with Crippen molar-refractivity contribution in [2.45, 2.75) is 6.18 Å². The third-order valence-corrected chi connectivity index (χ3v) is 3.92. The van der Waals surface area contributed by atoms with Crippen molar-refractivity contribution in [1.82, 2.24) is 4.98 Å². The minimum absolute atomic E-state index is 0.0871. The maximum absolute atomic E-state index is 12.9. The van der Waals surface area contributed by atoms with Crippen molar-refractivity contribution in [2.75, 3.05) is 17.7 Å². The lowest BCUT2D eigenvalue weighted by molar-refractivity contribution is -0.137. The summed E-state index contributed by atoms with van der Waals surface area (Å²) in [5.41, 5.74) is 6.68. The molecule has 0 aliphatic carbocycles. The van der Waals surface area contributed by atoms with Gasteiger partial charge < -0.3 is 16.4 Å². The highest BCUT2D eigenvalue weighted by molar-refractivity contribution is 6.31. The molecule has 0 saturated carbocycles. The van der Waals surface area contributed by atoms with Crippen LogP contribution in [0.2, 0.25) is 5.02 Å². The number of aromatic nitrogens is 1. The van der Waals surface area contributed by atoms with E-state index in [-0.39, 0.29) is 5.82 Å². The van der Waals surface area contributed by atoms with E-state index < -0.39 is 22.7 Å². The lowest BCUT2D eigenvalue weighted by Crippen LogP contribution is -2.10. The van der Waals surface area contributed by atoms with Crippen LogP contribution in [-0.2, 0) is 11.0 Å². The summed E-state index contributed by atoms with van der Waals surface area (Å²) in [4.78, 5) is 19.1. The number of benzene rings is 1. The fourth-order valence-corrected chi connectivity index (χ4v) is 2.51. The third-order valence-electron chi connectivity index (χ3n) is 3.61. The normalized spacial score (nSPS) is 12.1. The molecule has 0 fully saturated rings. The molecule has 152 valence electrons. The first-order valence-electron chi connectivity index (χ1n) is 8.11. The summed E-state index contributed by atoms with van der Waals surface area (Å²) in [6.07, 6.45) is 0.161. The quantitative estimate of drug-likeness (QED) is 0.467. The Balaban J connectivity index is 2.44. The number of hydrogen-bond donors (Lipinski definition) is 3. The summed E-state index contributed by atoms with van der Waals surface area (Å²) in [7, 11) is 1.57. The number of pyridine rings is 1. The van der Waals surface area contributed by atoms with E-state index in [2.05, 4.69) is 27.2 Å². The lowest BCUT2D eigenvalue weighted by atomic mass is 10.1. The van der Waals surface area contributed by atoms with Gasteiger partial charge in [-0.25, -0.2) is 4.98 Å². The minimum atomic E-state index is -4.61. The Bertz CT molecular complexity index is 986. The molecule has 2 rings (SSSR count). The van der Waals surface area contributed by atoms with E-state index in [1.54, 1.807) is 25.2 Å². The van der Waals surface area contributed by atoms with Crippen LogP contribution in [0.1, 0.15) is 11.1 Å². The number of nitrogens with one attached hydrogen (secondary N) is 2. The van der Waals surface area contributed by atoms with Crippen molar-refractivity contribution >= 4 is 46.6 Å². The van der Waals surface area contributed by atoms with Gasteiger partial charge in [-0.05, 0) is 30.4 Å². The zero-order chi connectivity index (χ0) is 21.6. The number of anilines is 3. The van der Waals surface area contributed by atoms with Gasteiger partial charge in [-0.1, -0.05) is 18.2 Å². The second-order valence-electron chi connectivity index (χ2n) is 5.66. The monoisotopic (exact) mass is 423 g/mol. The second kappa shape index (κ2) is 9.24. The average Bonchev–Trinajstić information content (AvgIpc) is 2.66. The molecule has 10 heteroatoms. The van der Waals surface area contributed by atoms with Crippen LogP contribution < -0.4 is 16.4 Å². The number of aliphatic imine (C=N–C) groups is 1. The van der Waals surface area contributed by atoms with Gasteiger partial charge >= 0.3 is 6.18 Å².